The first-order chi connectivity index (χ1) is 8.13. The molecule has 0 aromatic carbocycles. The molecule has 1 saturated carbocycles. The summed E-state index contributed by atoms with van der Waals surface area (Å²) in [6.07, 6.45) is 5.14. The van der Waals surface area contributed by atoms with Gasteiger partial charge in [-0.05, 0) is 26.2 Å². The molecule has 0 amide bonds. The van der Waals surface area contributed by atoms with Gasteiger partial charge in [-0.15, -0.1) is 6.58 Å². The van der Waals surface area contributed by atoms with Gasteiger partial charge in [0.1, 0.15) is 5.54 Å². The first-order valence-corrected chi connectivity index (χ1v) is 6.33. The molecule has 0 aromatic rings. The van der Waals surface area contributed by atoms with Crippen LogP contribution in [0.4, 0.5) is 0 Å². The van der Waals surface area contributed by atoms with Gasteiger partial charge in [-0.1, -0.05) is 6.08 Å². The number of methoxy groups -OCH3 is 1. The summed E-state index contributed by atoms with van der Waals surface area (Å²) >= 11 is 0. The molecule has 1 heterocycles. The third-order valence-corrected chi connectivity index (χ3v) is 3.84. The van der Waals surface area contributed by atoms with Crippen LogP contribution >= 0.6 is 0 Å². The van der Waals surface area contributed by atoms with E-state index in [2.05, 4.69) is 23.7 Å². The maximum Gasteiger partial charge on any atom is 0.327 e. The van der Waals surface area contributed by atoms with Crippen molar-refractivity contribution in [2.24, 2.45) is 0 Å². The van der Waals surface area contributed by atoms with Crippen molar-refractivity contribution in [3.05, 3.63) is 12.7 Å². The summed E-state index contributed by atoms with van der Waals surface area (Å²) in [5.74, 6) is -0.144. The number of carbonyl (C=O) groups is 1. The normalized spacial score (nSPS) is 33.6. The average Bonchev–Trinajstić information content (AvgIpc) is 3.11. The molecular weight excluding hydrogens is 216 g/mol. The van der Waals surface area contributed by atoms with Crippen molar-refractivity contribution in [2.75, 3.05) is 20.2 Å². The molecule has 96 valence electrons. The molecule has 2 unspecified atom stereocenters. The Kier molecular flexibility index (Phi) is 3.54. The molecule has 1 aliphatic heterocycles. The van der Waals surface area contributed by atoms with Crippen LogP contribution in [0.1, 0.15) is 26.2 Å². The third kappa shape index (κ3) is 2.38. The van der Waals surface area contributed by atoms with Gasteiger partial charge in [-0.25, -0.2) is 0 Å². The fourth-order valence-corrected chi connectivity index (χ4v) is 2.86. The molecule has 0 aromatic heterocycles. The van der Waals surface area contributed by atoms with Crippen molar-refractivity contribution in [2.45, 2.75) is 43.8 Å². The third-order valence-electron chi connectivity index (χ3n) is 3.84. The second-order valence-corrected chi connectivity index (χ2v) is 5.20. The van der Waals surface area contributed by atoms with E-state index in [1.807, 2.05) is 0 Å². The lowest BCUT2D eigenvalue weighted by Crippen LogP contribution is -2.54. The Morgan fingerprint density at radius 2 is 2.35 bits per heavy atom. The predicted molar refractivity (Wildman–Crippen MR) is 66.8 cm³/mol. The topological polar surface area (TPSA) is 41.6 Å². The average molecular weight is 238 g/mol. The van der Waals surface area contributed by atoms with E-state index >= 15 is 0 Å². The molecule has 1 aliphatic carbocycles. The van der Waals surface area contributed by atoms with Crippen molar-refractivity contribution in [3.8, 4) is 0 Å². The van der Waals surface area contributed by atoms with E-state index in [4.69, 9.17) is 4.74 Å². The van der Waals surface area contributed by atoms with Gasteiger partial charge in [0.05, 0.1) is 7.11 Å². The molecule has 2 fully saturated rings. The first-order valence-electron chi connectivity index (χ1n) is 6.33. The highest BCUT2D eigenvalue weighted by molar-refractivity contribution is 5.81. The standard InChI is InChI=1S/C13H22N2O2/c1-4-7-14-13(12(16)17-3)8-10(2)15(9-13)11-5-6-11/h4,10-11,14H,1,5-9H2,2-3H3. The Balaban J connectivity index is 2.11. The van der Waals surface area contributed by atoms with Gasteiger partial charge in [0.2, 0.25) is 0 Å². The summed E-state index contributed by atoms with van der Waals surface area (Å²) in [6.45, 7) is 7.29. The second kappa shape index (κ2) is 4.78. The molecule has 2 atom stereocenters. The van der Waals surface area contributed by atoms with E-state index in [9.17, 15) is 4.79 Å². The molecular formula is C13H22N2O2. The van der Waals surface area contributed by atoms with Crippen molar-refractivity contribution >= 4 is 5.97 Å². The molecule has 2 rings (SSSR count). The number of nitrogens with one attached hydrogen (secondary N) is 1. The van der Waals surface area contributed by atoms with E-state index in [-0.39, 0.29) is 5.97 Å². The Labute approximate surface area is 103 Å². The Morgan fingerprint density at radius 1 is 1.65 bits per heavy atom. The number of hydrogen-bond acceptors (Lipinski definition) is 4. The highest BCUT2D eigenvalue weighted by Gasteiger charge is 2.51. The van der Waals surface area contributed by atoms with Crippen LogP contribution in [0, 0.1) is 0 Å². The molecule has 0 spiro atoms. The molecule has 0 radical (unpaired) electrons. The van der Waals surface area contributed by atoms with Crippen LogP contribution in [0.3, 0.4) is 0 Å². The molecule has 17 heavy (non-hydrogen) atoms. The largest absolute Gasteiger partial charge is 0.468 e. The highest BCUT2D eigenvalue weighted by Crippen LogP contribution is 2.37. The lowest BCUT2D eigenvalue weighted by molar-refractivity contribution is -0.148. The maximum atomic E-state index is 12.0. The minimum absolute atomic E-state index is 0.144. The molecule has 1 N–H and O–H groups in total. The summed E-state index contributed by atoms with van der Waals surface area (Å²) in [5, 5.41) is 3.30. The van der Waals surface area contributed by atoms with Gasteiger partial charge >= 0.3 is 5.97 Å². The number of carbonyl (C=O) groups excluding carboxylic acids is 1. The van der Waals surface area contributed by atoms with E-state index in [0.717, 1.165) is 13.0 Å². The zero-order valence-electron chi connectivity index (χ0n) is 10.7. The van der Waals surface area contributed by atoms with E-state index in [0.29, 0.717) is 18.6 Å². The quantitative estimate of drug-likeness (QED) is 0.571. The summed E-state index contributed by atoms with van der Waals surface area (Å²) in [6, 6.07) is 1.13. The predicted octanol–water partition coefficient (Wildman–Crippen LogP) is 0.930. The van der Waals surface area contributed by atoms with Gasteiger partial charge in [-0.3, -0.25) is 15.0 Å². The van der Waals surface area contributed by atoms with Crippen molar-refractivity contribution < 1.29 is 9.53 Å². The van der Waals surface area contributed by atoms with Crippen molar-refractivity contribution in [3.63, 3.8) is 0 Å². The zero-order valence-corrected chi connectivity index (χ0v) is 10.7. The van der Waals surface area contributed by atoms with Crippen molar-refractivity contribution in [1.29, 1.82) is 0 Å². The van der Waals surface area contributed by atoms with Gasteiger partial charge in [0.15, 0.2) is 0 Å². The van der Waals surface area contributed by atoms with Crippen LogP contribution in [0.2, 0.25) is 0 Å². The van der Waals surface area contributed by atoms with Gasteiger partial charge < -0.3 is 4.74 Å². The number of hydrogen-bond donors (Lipinski definition) is 1. The zero-order chi connectivity index (χ0) is 12.5. The Bertz CT molecular complexity index is 315. The van der Waals surface area contributed by atoms with Crippen LogP contribution < -0.4 is 5.32 Å². The summed E-state index contributed by atoms with van der Waals surface area (Å²) < 4.78 is 4.97. The van der Waals surface area contributed by atoms with Crippen LogP contribution in [0.25, 0.3) is 0 Å². The van der Waals surface area contributed by atoms with E-state index in [1.165, 1.54) is 20.0 Å². The fourth-order valence-electron chi connectivity index (χ4n) is 2.86. The van der Waals surface area contributed by atoms with E-state index < -0.39 is 5.54 Å². The first kappa shape index (κ1) is 12.6. The summed E-state index contributed by atoms with van der Waals surface area (Å²) in [5.41, 5.74) is -0.537. The van der Waals surface area contributed by atoms with E-state index in [1.54, 1.807) is 6.08 Å². The summed E-state index contributed by atoms with van der Waals surface area (Å²) in [4.78, 5) is 14.5. The van der Waals surface area contributed by atoms with Crippen LogP contribution in [0.15, 0.2) is 12.7 Å². The maximum absolute atomic E-state index is 12.0. The molecule has 0 bridgehead atoms. The number of nitrogens with zero attached hydrogens (tertiary/aromatic N) is 1. The lowest BCUT2D eigenvalue weighted by Gasteiger charge is -2.27. The fraction of sp³-hybridized carbons (Fsp3) is 0.769. The number of likely N-dealkylation sites (tertiary alicyclic amines) is 1. The molecule has 4 heteroatoms. The molecule has 1 saturated heterocycles. The smallest absolute Gasteiger partial charge is 0.327 e. The minimum Gasteiger partial charge on any atom is -0.468 e. The monoisotopic (exact) mass is 238 g/mol. The van der Waals surface area contributed by atoms with Gasteiger partial charge in [0.25, 0.3) is 0 Å². The molecule has 4 nitrogen and oxygen atoms in total. The minimum atomic E-state index is -0.537. The van der Waals surface area contributed by atoms with Crippen LogP contribution in [-0.2, 0) is 9.53 Å². The number of rotatable bonds is 5. The van der Waals surface area contributed by atoms with Gasteiger partial charge in [0, 0.05) is 25.2 Å². The lowest BCUT2D eigenvalue weighted by atomic mass is 9.96. The SMILES string of the molecule is C=CCNC1(C(=O)OC)CC(C)N(C2CC2)C1. The summed E-state index contributed by atoms with van der Waals surface area (Å²) in [7, 11) is 1.46. The van der Waals surface area contributed by atoms with Crippen molar-refractivity contribution in [1.82, 2.24) is 10.2 Å². The molecule has 2 aliphatic rings. The number of esters is 1. The van der Waals surface area contributed by atoms with Crippen LogP contribution in [0.5, 0.6) is 0 Å². The second-order valence-electron chi connectivity index (χ2n) is 5.20. The highest BCUT2D eigenvalue weighted by atomic mass is 16.5. The Hall–Kier alpha value is -0.870. The van der Waals surface area contributed by atoms with Crippen LogP contribution in [-0.4, -0.2) is 48.7 Å². The Morgan fingerprint density at radius 3 is 2.88 bits per heavy atom. The number of ether oxygens (including phenoxy) is 1. The van der Waals surface area contributed by atoms with Gasteiger partial charge in [-0.2, -0.15) is 0 Å².